The van der Waals surface area contributed by atoms with E-state index >= 15 is 0 Å². The number of hydrogen-bond donors (Lipinski definition) is 0. The zero-order chi connectivity index (χ0) is 21.4. The number of aromatic nitrogens is 2. The lowest BCUT2D eigenvalue weighted by atomic mass is 10.1. The predicted octanol–water partition coefficient (Wildman–Crippen LogP) is 6.43. The molecule has 0 saturated heterocycles. The maximum atomic E-state index is 13.5. The Morgan fingerprint density at radius 3 is 2.45 bits per heavy atom. The normalized spacial score (nSPS) is 14.2. The molecule has 1 atom stereocenters. The summed E-state index contributed by atoms with van der Waals surface area (Å²) in [5.74, 6) is -0.143. The topological polar surface area (TPSA) is 38.1 Å². The molecular formula is C22H31ClFN3OS. The molecule has 2 aromatic rings. The Balaban J connectivity index is 2.34. The van der Waals surface area contributed by atoms with E-state index in [0.717, 1.165) is 53.7 Å². The van der Waals surface area contributed by atoms with Crippen molar-refractivity contribution in [2.45, 2.75) is 64.8 Å². The highest BCUT2D eigenvalue weighted by Crippen LogP contribution is 2.27. The molecule has 0 aliphatic rings. The third kappa shape index (κ3) is 6.24. The van der Waals surface area contributed by atoms with Crippen molar-refractivity contribution in [3.63, 3.8) is 0 Å². The molecular weight excluding hydrogens is 409 g/mol. The largest absolute Gasteiger partial charge is 0.259 e. The monoisotopic (exact) mass is 439 g/mol. The zero-order valence-corrected chi connectivity index (χ0v) is 19.3. The van der Waals surface area contributed by atoms with Crippen LogP contribution >= 0.6 is 11.6 Å². The molecule has 0 amide bonds. The minimum atomic E-state index is -1.22. The molecule has 0 fully saturated rings. The summed E-state index contributed by atoms with van der Waals surface area (Å²) in [6.45, 7) is 10.1. The Morgan fingerprint density at radius 2 is 1.86 bits per heavy atom. The highest BCUT2D eigenvalue weighted by Gasteiger charge is 2.17. The number of hydrogen-bond acceptors (Lipinski definition) is 2. The molecule has 0 aliphatic carbocycles. The summed E-state index contributed by atoms with van der Waals surface area (Å²) in [7, 11) is -1.22. The Kier molecular flexibility index (Phi) is 9.53. The Bertz CT molecular complexity index is 901. The summed E-state index contributed by atoms with van der Waals surface area (Å²) in [6, 6.07) is 5.69. The second-order valence-electron chi connectivity index (χ2n) is 6.95. The molecule has 0 N–H and O–H groups in total. The van der Waals surface area contributed by atoms with E-state index in [1.165, 1.54) is 6.08 Å². The molecule has 7 heteroatoms. The fourth-order valence-electron chi connectivity index (χ4n) is 3.07. The van der Waals surface area contributed by atoms with Crippen molar-refractivity contribution in [3.8, 4) is 0 Å². The summed E-state index contributed by atoms with van der Waals surface area (Å²) >= 11 is 6.40. The summed E-state index contributed by atoms with van der Waals surface area (Å²) in [5.41, 5.74) is 1.94. The average molecular weight is 440 g/mol. The lowest BCUT2D eigenvalue weighted by molar-refractivity contribution is 0.442. The third-order valence-electron chi connectivity index (χ3n) is 4.70. The van der Waals surface area contributed by atoms with E-state index in [0.29, 0.717) is 18.1 Å². The van der Waals surface area contributed by atoms with Crippen molar-refractivity contribution in [3.05, 3.63) is 46.9 Å². The molecule has 1 aromatic heterocycles. The van der Waals surface area contributed by atoms with Gasteiger partial charge in [-0.1, -0.05) is 45.4 Å². The van der Waals surface area contributed by atoms with Gasteiger partial charge in [-0.2, -0.15) is 5.10 Å². The van der Waals surface area contributed by atoms with Crippen molar-refractivity contribution in [1.29, 1.82) is 0 Å². The van der Waals surface area contributed by atoms with Gasteiger partial charge in [-0.3, -0.25) is 4.68 Å². The summed E-state index contributed by atoms with van der Waals surface area (Å²) in [6.07, 6.45) is 6.41. The number of allylic oxidation sites excluding steroid dienone is 4. The Labute approximate surface area is 181 Å². The lowest BCUT2D eigenvalue weighted by Crippen LogP contribution is -2.27. The second kappa shape index (κ2) is 11.6. The molecule has 0 bridgehead atoms. The third-order valence-corrected chi connectivity index (χ3v) is 6.47. The van der Waals surface area contributed by atoms with Crippen LogP contribution in [0.15, 0.2) is 46.6 Å². The standard InChI is InChI=1S/C22H31ClFN3OS/c1-5-13-26(14-6-2)29(28)19-11-12-21-20(15-19)22(23)25-27(21)16-17(7-3)9-10-18(24)8-4/h9-12,15H,5-8,13-14,16H2,1-4H3/b17-9+,18-10+. The van der Waals surface area contributed by atoms with Crippen LogP contribution in [0.5, 0.6) is 0 Å². The van der Waals surface area contributed by atoms with Gasteiger partial charge in [0, 0.05) is 18.5 Å². The van der Waals surface area contributed by atoms with Gasteiger partial charge < -0.3 is 0 Å². The molecule has 160 valence electrons. The van der Waals surface area contributed by atoms with Gasteiger partial charge in [0.1, 0.15) is 11.0 Å². The van der Waals surface area contributed by atoms with Crippen LogP contribution in [0.2, 0.25) is 5.15 Å². The number of rotatable bonds is 11. The minimum absolute atomic E-state index is 0.143. The van der Waals surface area contributed by atoms with Crippen LogP contribution in [-0.2, 0) is 17.5 Å². The molecule has 1 unspecified atom stereocenters. The van der Waals surface area contributed by atoms with Crippen LogP contribution < -0.4 is 0 Å². The fourth-order valence-corrected chi connectivity index (χ4v) is 4.72. The minimum Gasteiger partial charge on any atom is -0.259 e. The molecule has 0 saturated carbocycles. The molecule has 29 heavy (non-hydrogen) atoms. The van der Waals surface area contributed by atoms with E-state index in [4.69, 9.17) is 11.6 Å². The number of fused-ring (bicyclic) bond motifs is 1. The zero-order valence-electron chi connectivity index (χ0n) is 17.8. The van der Waals surface area contributed by atoms with Crippen molar-refractivity contribution in [2.24, 2.45) is 0 Å². The van der Waals surface area contributed by atoms with Gasteiger partial charge in [-0.25, -0.2) is 12.9 Å². The van der Waals surface area contributed by atoms with Gasteiger partial charge in [-0.15, -0.1) is 0 Å². The van der Waals surface area contributed by atoms with Crippen molar-refractivity contribution >= 4 is 33.5 Å². The first-order valence-electron chi connectivity index (χ1n) is 10.3. The summed E-state index contributed by atoms with van der Waals surface area (Å²) < 4.78 is 30.3. The highest BCUT2D eigenvalue weighted by atomic mass is 35.5. The summed E-state index contributed by atoms with van der Waals surface area (Å²) in [4.78, 5) is 0.736. The van der Waals surface area contributed by atoms with Crippen molar-refractivity contribution in [2.75, 3.05) is 13.1 Å². The van der Waals surface area contributed by atoms with Crippen LogP contribution in [0.3, 0.4) is 0 Å². The number of halogens is 2. The average Bonchev–Trinajstić information content (AvgIpc) is 3.04. The fraction of sp³-hybridized carbons (Fsp3) is 0.500. The summed E-state index contributed by atoms with van der Waals surface area (Å²) in [5, 5.41) is 5.64. The highest BCUT2D eigenvalue weighted by molar-refractivity contribution is 7.82. The van der Waals surface area contributed by atoms with Gasteiger partial charge in [0.15, 0.2) is 5.15 Å². The molecule has 1 aromatic carbocycles. The number of nitrogens with zero attached hydrogens (tertiary/aromatic N) is 3. The first-order valence-corrected chi connectivity index (χ1v) is 11.8. The van der Waals surface area contributed by atoms with Gasteiger partial charge in [-0.05, 0) is 55.5 Å². The SMILES string of the molecule is CCCN(CCC)S(=O)c1ccc2c(c1)c(Cl)nn2C/C(=C/C=C(/F)CC)CC. The predicted molar refractivity (Wildman–Crippen MR) is 121 cm³/mol. The van der Waals surface area contributed by atoms with E-state index in [-0.39, 0.29) is 5.83 Å². The van der Waals surface area contributed by atoms with E-state index in [2.05, 4.69) is 18.9 Å². The first-order chi connectivity index (χ1) is 13.9. The molecule has 0 spiro atoms. The Hall–Kier alpha value is -1.50. The van der Waals surface area contributed by atoms with E-state index in [1.807, 2.05) is 40.2 Å². The van der Waals surface area contributed by atoms with Crippen LogP contribution in [0.4, 0.5) is 4.39 Å². The van der Waals surface area contributed by atoms with E-state index in [9.17, 15) is 8.60 Å². The van der Waals surface area contributed by atoms with Crippen LogP contribution in [0.25, 0.3) is 10.9 Å². The van der Waals surface area contributed by atoms with Gasteiger partial charge in [0.05, 0.1) is 22.8 Å². The maximum Gasteiger partial charge on any atom is 0.158 e. The molecule has 1 heterocycles. The Morgan fingerprint density at radius 1 is 1.17 bits per heavy atom. The van der Waals surface area contributed by atoms with Crippen molar-refractivity contribution in [1.82, 2.24) is 14.1 Å². The maximum absolute atomic E-state index is 13.5. The first kappa shape index (κ1) is 23.8. The van der Waals surface area contributed by atoms with Gasteiger partial charge >= 0.3 is 0 Å². The van der Waals surface area contributed by atoms with Crippen LogP contribution in [0.1, 0.15) is 53.4 Å². The number of benzene rings is 1. The van der Waals surface area contributed by atoms with E-state index in [1.54, 1.807) is 6.92 Å². The van der Waals surface area contributed by atoms with Gasteiger partial charge in [0.25, 0.3) is 0 Å². The second-order valence-corrected chi connectivity index (χ2v) is 8.80. The molecule has 0 aliphatic heterocycles. The smallest absolute Gasteiger partial charge is 0.158 e. The van der Waals surface area contributed by atoms with Crippen LogP contribution in [-0.4, -0.2) is 31.4 Å². The molecule has 0 radical (unpaired) electrons. The lowest BCUT2D eigenvalue weighted by Gasteiger charge is -2.19. The molecule has 4 nitrogen and oxygen atoms in total. The van der Waals surface area contributed by atoms with Crippen molar-refractivity contribution < 1.29 is 8.60 Å². The van der Waals surface area contributed by atoms with Gasteiger partial charge in [0.2, 0.25) is 0 Å². The van der Waals surface area contributed by atoms with E-state index < -0.39 is 11.0 Å². The quantitative estimate of drug-likeness (QED) is 0.378. The van der Waals surface area contributed by atoms with Crippen LogP contribution in [0, 0.1) is 0 Å². The molecule has 2 rings (SSSR count).